The molecule has 1 aromatic rings. The van der Waals surface area contributed by atoms with Crippen LogP contribution in [0.2, 0.25) is 0 Å². The van der Waals surface area contributed by atoms with Gasteiger partial charge in [0.05, 0.1) is 13.2 Å². The molecule has 18 heavy (non-hydrogen) atoms. The van der Waals surface area contributed by atoms with Gasteiger partial charge in [0.15, 0.2) is 0 Å². The van der Waals surface area contributed by atoms with E-state index in [4.69, 9.17) is 4.74 Å². The Labute approximate surface area is 114 Å². The summed E-state index contributed by atoms with van der Waals surface area (Å²) in [5.41, 5.74) is 0. The van der Waals surface area contributed by atoms with Gasteiger partial charge in [-0.2, -0.15) is 0 Å². The first-order valence-corrected chi connectivity index (χ1v) is 7.66. The van der Waals surface area contributed by atoms with Crippen molar-refractivity contribution in [1.82, 2.24) is 0 Å². The van der Waals surface area contributed by atoms with Crippen LogP contribution in [-0.4, -0.2) is 23.6 Å². The molecule has 2 rings (SSSR count). The van der Waals surface area contributed by atoms with Crippen molar-refractivity contribution in [2.45, 2.75) is 54.8 Å². The molecule has 2 unspecified atom stereocenters. The summed E-state index contributed by atoms with van der Waals surface area (Å²) in [6.07, 6.45) is 6.92. The van der Waals surface area contributed by atoms with Crippen molar-refractivity contribution in [3.63, 3.8) is 0 Å². The summed E-state index contributed by atoms with van der Waals surface area (Å²) in [5, 5.41) is 10.5. The molecule has 0 radical (unpaired) electrons. The lowest BCUT2D eigenvalue weighted by molar-refractivity contribution is 0.148. The smallest absolute Gasteiger partial charge is 0.118 e. The molecule has 1 aliphatic rings. The molecule has 3 heteroatoms. The summed E-state index contributed by atoms with van der Waals surface area (Å²) in [7, 11) is 1.68. The van der Waals surface area contributed by atoms with Crippen molar-refractivity contribution < 1.29 is 9.84 Å². The molecular formula is C15H22O2S. The van der Waals surface area contributed by atoms with Crippen LogP contribution in [0.1, 0.15) is 38.5 Å². The van der Waals surface area contributed by atoms with E-state index in [1.54, 1.807) is 7.11 Å². The molecule has 100 valence electrons. The van der Waals surface area contributed by atoms with Crippen molar-refractivity contribution in [2.24, 2.45) is 0 Å². The zero-order valence-electron chi connectivity index (χ0n) is 11.0. The normalized spacial score (nSPS) is 25.2. The third-order valence-electron chi connectivity index (χ3n) is 3.51. The van der Waals surface area contributed by atoms with Crippen molar-refractivity contribution in [2.75, 3.05) is 7.11 Å². The molecule has 0 bridgehead atoms. The maximum atomic E-state index is 10.2. The van der Waals surface area contributed by atoms with E-state index in [0.717, 1.165) is 18.6 Å². The van der Waals surface area contributed by atoms with Gasteiger partial charge in [0, 0.05) is 10.1 Å². The minimum atomic E-state index is -0.155. The third-order valence-corrected chi connectivity index (χ3v) is 4.91. The Morgan fingerprint density at radius 2 is 1.72 bits per heavy atom. The average Bonchev–Trinajstić information content (AvgIpc) is 2.39. The predicted octanol–water partition coefficient (Wildman–Crippen LogP) is 3.87. The predicted molar refractivity (Wildman–Crippen MR) is 76.3 cm³/mol. The van der Waals surface area contributed by atoms with Crippen molar-refractivity contribution in [3.8, 4) is 5.75 Å². The van der Waals surface area contributed by atoms with Gasteiger partial charge in [-0.15, -0.1) is 11.8 Å². The second-order valence-corrected chi connectivity index (χ2v) is 6.20. The summed E-state index contributed by atoms with van der Waals surface area (Å²) < 4.78 is 5.16. The zero-order valence-corrected chi connectivity index (χ0v) is 11.8. The zero-order chi connectivity index (χ0) is 12.8. The lowest BCUT2D eigenvalue weighted by Gasteiger charge is -2.24. The van der Waals surface area contributed by atoms with Crippen molar-refractivity contribution >= 4 is 11.8 Å². The molecular weight excluding hydrogens is 244 g/mol. The molecule has 0 amide bonds. The first kappa shape index (κ1) is 13.8. The van der Waals surface area contributed by atoms with Gasteiger partial charge in [-0.1, -0.05) is 25.7 Å². The number of hydrogen-bond donors (Lipinski definition) is 1. The molecule has 0 aliphatic heterocycles. The van der Waals surface area contributed by atoms with Crippen LogP contribution in [0.5, 0.6) is 5.75 Å². The van der Waals surface area contributed by atoms with E-state index < -0.39 is 0 Å². The van der Waals surface area contributed by atoms with E-state index in [9.17, 15) is 5.11 Å². The van der Waals surface area contributed by atoms with Gasteiger partial charge in [0.1, 0.15) is 5.75 Å². The highest BCUT2D eigenvalue weighted by Crippen LogP contribution is 2.33. The monoisotopic (exact) mass is 266 g/mol. The van der Waals surface area contributed by atoms with Crippen LogP contribution >= 0.6 is 11.8 Å². The third kappa shape index (κ3) is 3.92. The Balaban J connectivity index is 1.96. The van der Waals surface area contributed by atoms with Gasteiger partial charge in [0.2, 0.25) is 0 Å². The number of ether oxygens (including phenoxy) is 1. The molecule has 1 aromatic carbocycles. The Hall–Kier alpha value is -0.670. The molecule has 0 saturated heterocycles. The van der Waals surface area contributed by atoms with Gasteiger partial charge in [0.25, 0.3) is 0 Å². The van der Waals surface area contributed by atoms with Gasteiger partial charge >= 0.3 is 0 Å². The SMILES string of the molecule is COc1ccc(SC2CCCCCCC2O)cc1. The fraction of sp³-hybridized carbons (Fsp3) is 0.600. The Bertz CT molecular complexity index is 350. The molecule has 2 nitrogen and oxygen atoms in total. The average molecular weight is 266 g/mol. The number of rotatable bonds is 3. The minimum Gasteiger partial charge on any atom is -0.497 e. The minimum absolute atomic E-state index is 0.155. The highest BCUT2D eigenvalue weighted by Gasteiger charge is 2.21. The molecule has 2 atom stereocenters. The second-order valence-electron chi connectivity index (χ2n) is 4.89. The molecule has 1 N–H and O–H groups in total. The van der Waals surface area contributed by atoms with Gasteiger partial charge in [-0.3, -0.25) is 0 Å². The van der Waals surface area contributed by atoms with Gasteiger partial charge in [-0.25, -0.2) is 0 Å². The maximum Gasteiger partial charge on any atom is 0.118 e. The van der Waals surface area contributed by atoms with Crippen LogP contribution in [0, 0.1) is 0 Å². The van der Waals surface area contributed by atoms with Crippen LogP contribution in [0.25, 0.3) is 0 Å². The van der Waals surface area contributed by atoms with Crippen LogP contribution in [-0.2, 0) is 0 Å². The second kappa shape index (κ2) is 7.05. The summed E-state index contributed by atoms with van der Waals surface area (Å²) in [6.45, 7) is 0. The fourth-order valence-corrected chi connectivity index (χ4v) is 3.62. The van der Waals surface area contributed by atoms with Crippen molar-refractivity contribution in [3.05, 3.63) is 24.3 Å². The lowest BCUT2D eigenvalue weighted by atomic mass is 9.98. The van der Waals surface area contributed by atoms with Crippen LogP contribution in [0.4, 0.5) is 0 Å². The first-order chi connectivity index (χ1) is 8.79. The molecule has 0 heterocycles. The number of aliphatic hydroxyl groups is 1. The quantitative estimate of drug-likeness (QED) is 0.900. The molecule has 1 aliphatic carbocycles. The highest BCUT2D eigenvalue weighted by molar-refractivity contribution is 8.00. The van der Waals surface area contributed by atoms with Crippen LogP contribution in [0.15, 0.2) is 29.2 Å². The molecule has 0 aromatic heterocycles. The Kier molecular flexibility index (Phi) is 5.39. The molecule has 1 fully saturated rings. The standard InChI is InChI=1S/C15H22O2S/c1-17-12-8-10-13(11-9-12)18-15-7-5-3-2-4-6-14(15)16/h8-11,14-16H,2-7H2,1H3. The Morgan fingerprint density at radius 1 is 1.06 bits per heavy atom. The highest BCUT2D eigenvalue weighted by atomic mass is 32.2. The number of thioether (sulfide) groups is 1. The summed E-state index contributed by atoms with van der Waals surface area (Å²) >= 11 is 1.81. The molecule has 1 saturated carbocycles. The van der Waals surface area contributed by atoms with E-state index >= 15 is 0 Å². The van der Waals surface area contributed by atoms with E-state index in [0.29, 0.717) is 5.25 Å². The number of benzene rings is 1. The number of aliphatic hydroxyl groups excluding tert-OH is 1. The van der Waals surface area contributed by atoms with E-state index in [1.165, 1.54) is 30.6 Å². The largest absolute Gasteiger partial charge is 0.497 e. The Morgan fingerprint density at radius 3 is 2.39 bits per heavy atom. The van der Waals surface area contributed by atoms with Crippen LogP contribution in [0.3, 0.4) is 0 Å². The number of hydrogen-bond acceptors (Lipinski definition) is 3. The maximum absolute atomic E-state index is 10.2. The first-order valence-electron chi connectivity index (χ1n) is 6.78. The van der Waals surface area contributed by atoms with Crippen LogP contribution < -0.4 is 4.74 Å². The van der Waals surface area contributed by atoms with Gasteiger partial charge in [-0.05, 0) is 37.1 Å². The summed E-state index contributed by atoms with van der Waals surface area (Å²) in [4.78, 5) is 1.22. The summed E-state index contributed by atoms with van der Waals surface area (Å²) in [6, 6.07) is 8.12. The summed E-state index contributed by atoms with van der Waals surface area (Å²) in [5.74, 6) is 0.887. The van der Waals surface area contributed by atoms with E-state index in [-0.39, 0.29) is 6.10 Å². The van der Waals surface area contributed by atoms with E-state index in [1.807, 2.05) is 23.9 Å². The fourth-order valence-electron chi connectivity index (χ4n) is 2.40. The number of methoxy groups -OCH3 is 1. The van der Waals surface area contributed by atoms with Gasteiger partial charge < -0.3 is 9.84 Å². The molecule has 0 spiro atoms. The van der Waals surface area contributed by atoms with Crippen molar-refractivity contribution in [1.29, 1.82) is 0 Å². The van der Waals surface area contributed by atoms with E-state index in [2.05, 4.69) is 12.1 Å². The topological polar surface area (TPSA) is 29.5 Å². The lowest BCUT2D eigenvalue weighted by Crippen LogP contribution is -2.24.